The summed E-state index contributed by atoms with van der Waals surface area (Å²) in [6.45, 7) is 1.96. The molecule has 1 aliphatic carbocycles. The summed E-state index contributed by atoms with van der Waals surface area (Å²) in [6.07, 6.45) is 6.36. The number of rotatable bonds is 4. The van der Waals surface area contributed by atoms with Crippen LogP contribution in [0.1, 0.15) is 39.0 Å². The first-order chi connectivity index (χ1) is 8.65. The van der Waals surface area contributed by atoms with Crippen molar-refractivity contribution in [2.24, 2.45) is 0 Å². The fraction of sp³-hybridized carbons (Fsp3) is 0.571. The van der Waals surface area contributed by atoms with Gasteiger partial charge in [-0.25, -0.2) is 0 Å². The molecule has 0 bridgehead atoms. The number of ether oxygens (including phenoxy) is 2. The lowest BCUT2D eigenvalue weighted by Crippen LogP contribution is -2.26. The van der Waals surface area contributed by atoms with E-state index in [1.165, 1.54) is 19.3 Å². The van der Waals surface area contributed by atoms with Crippen LogP contribution in [0.2, 0.25) is 0 Å². The smallest absolute Gasteiger partial charge is 0.197 e. The molecule has 1 aromatic carbocycles. The van der Waals surface area contributed by atoms with Crippen molar-refractivity contribution in [3.8, 4) is 5.75 Å². The number of halogens is 2. The maximum atomic E-state index is 5.93. The molecule has 0 radical (unpaired) electrons. The summed E-state index contributed by atoms with van der Waals surface area (Å²) in [4.78, 5) is 0. The summed E-state index contributed by atoms with van der Waals surface area (Å²) in [7, 11) is 0. The van der Waals surface area contributed by atoms with Gasteiger partial charge in [-0.05, 0) is 53.9 Å². The van der Waals surface area contributed by atoms with E-state index in [2.05, 4.69) is 31.9 Å². The summed E-state index contributed by atoms with van der Waals surface area (Å²) in [5.41, 5.74) is 0. The molecule has 0 saturated heterocycles. The molecule has 0 N–H and O–H groups in total. The van der Waals surface area contributed by atoms with Crippen molar-refractivity contribution in [1.82, 2.24) is 0 Å². The minimum atomic E-state index is -0.210. The van der Waals surface area contributed by atoms with Gasteiger partial charge in [0.05, 0.1) is 10.6 Å². The second-order valence-electron chi connectivity index (χ2n) is 4.66. The Labute approximate surface area is 125 Å². The molecule has 1 unspecified atom stereocenters. The van der Waals surface area contributed by atoms with Gasteiger partial charge >= 0.3 is 0 Å². The third-order valence-corrected chi connectivity index (χ3v) is 4.27. The Morgan fingerprint density at radius 2 is 1.89 bits per heavy atom. The van der Waals surface area contributed by atoms with Gasteiger partial charge in [-0.3, -0.25) is 0 Å². The number of hydrogen-bond acceptors (Lipinski definition) is 2. The molecule has 1 aromatic rings. The average molecular weight is 378 g/mol. The second-order valence-corrected chi connectivity index (χ2v) is 6.43. The molecular weight excluding hydrogens is 360 g/mol. The fourth-order valence-corrected chi connectivity index (χ4v) is 2.93. The largest absolute Gasteiger partial charge is 0.464 e. The van der Waals surface area contributed by atoms with Crippen LogP contribution < -0.4 is 4.74 Å². The molecule has 0 spiro atoms. The van der Waals surface area contributed by atoms with Gasteiger partial charge in [0, 0.05) is 4.47 Å². The topological polar surface area (TPSA) is 18.5 Å². The lowest BCUT2D eigenvalue weighted by atomic mass is 9.98. The number of benzene rings is 1. The van der Waals surface area contributed by atoms with Crippen LogP contribution in [0.15, 0.2) is 27.1 Å². The maximum absolute atomic E-state index is 5.93. The molecule has 0 aliphatic heterocycles. The summed E-state index contributed by atoms with van der Waals surface area (Å²) >= 11 is 6.93. The van der Waals surface area contributed by atoms with Crippen LogP contribution >= 0.6 is 31.9 Å². The molecule has 1 saturated carbocycles. The van der Waals surface area contributed by atoms with Crippen LogP contribution in [0.3, 0.4) is 0 Å². The molecule has 0 amide bonds. The van der Waals surface area contributed by atoms with E-state index in [0.29, 0.717) is 6.10 Å². The van der Waals surface area contributed by atoms with Gasteiger partial charge < -0.3 is 9.47 Å². The minimum absolute atomic E-state index is 0.210. The van der Waals surface area contributed by atoms with Crippen molar-refractivity contribution < 1.29 is 9.47 Å². The van der Waals surface area contributed by atoms with E-state index in [0.717, 1.165) is 27.5 Å². The van der Waals surface area contributed by atoms with E-state index in [1.54, 1.807) is 0 Å². The first-order valence-corrected chi connectivity index (χ1v) is 8.01. The third kappa shape index (κ3) is 4.25. The Hall–Kier alpha value is -0.0600. The molecule has 2 nitrogen and oxygen atoms in total. The standard InChI is InChI=1S/C14H18Br2O2/c1-10(17-12-5-3-2-4-6-12)18-14-9-11(15)7-8-13(14)16/h7-10,12H,2-6H2,1H3. The Morgan fingerprint density at radius 3 is 2.61 bits per heavy atom. The molecule has 1 fully saturated rings. The highest BCUT2D eigenvalue weighted by Gasteiger charge is 2.18. The predicted octanol–water partition coefficient (Wildman–Crippen LogP) is 5.29. The summed E-state index contributed by atoms with van der Waals surface area (Å²) in [6, 6.07) is 5.89. The van der Waals surface area contributed by atoms with Gasteiger partial charge in [0.15, 0.2) is 6.29 Å². The number of hydrogen-bond donors (Lipinski definition) is 0. The zero-order valence-corrected chi connectivity index (χ0v) is 13.7. The zero-order chi connectivity index (χ0) is 13.0. The van der Waals surface area contributed by atoms with Crippen LogP contribution in [0.25, 0.3) is 0 Å². The van der Waals surface area contributed by atoms with E-state index < -0.39 is 0 Å². The van der Waals surface area contributed by atoms with E-state index in [1.807, 2.05) is 25.1 Å². The van der Waals surface area contributed by atoms with Crippen molar-refractivity contribution in [2.45, 2.75) is 51.4 Å². The van der Waals surface area contributed by atoms with Gasteiger partial charge in [0.2, 0.25) is 0 Å². The average Bonchev–Trinajstić information content (AvgIpc) is 2.35. The van der Waals surface area contributed by atoms with Crippen molar-refractivity contribution in [3.05, 3.63) is 27.1 Å². The van der Waals surface area contributed by atoms with Crippen LogP contribution in [0.5, 0.6) is 5.75 Å². The molecule has 1 atom stereocenters. The Kier molecular flexibility index (Phi) is 5.52. The third-order valence-electron chi connectivity index (χ3n) is 3.12. The molecular formula is C14H18Br2O2. The van der Waals surface area contributed by atoms with Gasteiger partial charge in [-0.2, -0.15) is 0 Å². The SMILES string of the molecule is CC(Oc1cc(Br)ccc1Br)OC1CCCCC1. The van der Waals surface area contributed by atoms with Gasteiger partial charge in [0.1, 0.15) is 5.75 Å². The highest BCUT2D eigenvalue weighted by Crippen LogP contribution is 2.30. The normalized spacial score (nSPS) is 18.6. The Balaban J connectivity index is 1.89. The van der Waals surface area contributed by atoms with Gasteiger partial charge in [0.25, 0.3) is 0 Å². The molecule has 1 aliphatic rings. The van der Waals surface area contributed by atoms with E-state index >= 15 is 0 Å². The molecule has 18 heavy (non-hydrogen) atoms. The Morgan fingerprint density at radius 1 is 1.17 bits per heavy atom. The summed E-state index contributed by atoms with van der Waals surface area (Å²) in [5.74, 6) is 0.813. The first-order valence-electron chi connectivity index (χ1n) is 6.42. The lowest BCUT2D eigenvalue weighted by molar-refractivity contribution is -0.117. The van der Waals surface area contributed by atoms with Gasteiger partial charge in [-0.15, -0.1) is 0 Å². The fourth-order valence-electron chi connectivity index (χ4n) is 2.25. The van der Waals surface area contributed by atoms with E-state index in [4.69, 9.17) is 9.47 Å². The second kappa shape index (κ2) is 6.92. The van der Waals surface area contributed by atoms with Crippen molar-refractivity contribution in [1.29, 1.82) is 0 Å². The quantitative estimate of drug-likeness (QED) is 0.664. The summed E-state index contributed by atoms with van der Waals surface area (Å²) < 4.78 is 13.7. The highest BCUT2D eigenvalue weighted by molar-refractivity contribution is 9.11. The van der Waals surface area contributed by atoms with Crippen LogP contribution in [-0.2, 0) is 4.74 Å². The predicted molar refractivity (Wildman–Crippen MR) is 79.9 cm³/mol. The molecule has 100 valence electrons. The van der Waals surface area contributed by atoms with Crippen LogP contribution in [0.4, 0.5) is 0 Å². The van der Waals surface area contributed by atoms with E-state index in [-0.39, 0.29) is 6.29 Å². The molecule has 2 rings (SSSR count). The van der Waals surface area contributed by atoms with Crippen LogP contribution in [0, 0.1) is 0 Å². The summed E-state index contributed by atoms with van der Waals surface area (Å²) in [5, 5.41) is 0. The molecule has 0 heterocycles. The monoisotopic (exact) mass is 376 g/mol. The van der Waals surface area contributed by atoms with Crippen molar-refractivity contribution >= 4 is 31.9 Å². The van der Waals surface area contributed by atoms with Crippen molar-refractivity contribution in [3.63, 3.8) is 0 Å². The van der Waals surface area contributed by atoms with Gasteiger partial charge in [-0.1, -0.05) is 35.2 Å². The highest BCUT2D eigenvalue weighted by atomic mass is 79.9. The first kappa shape index (κ1) is 14.4. The van der Waals surface area contributed by atoms with Crippen LogP contribution in [-0.4, -0.2) is 12.4 Å². The minimum Gasteiger partial charge on any atom is -0.464 e. The molecule has 4 heteroatoms. The maximum Gasteiger partial charge on any atom is 0.197 e. The van der Waals surface area contributed by atoms with Crippen molar-refractivity contribution in [2.75, 3.05) is 0 Å². The molecule has 0 aromatic heterocycles. The Bertz CT molecular complexity index is 389. The lowest BCUT2D eigenvalue weighted by Gasteiger charge is -2.26. The zero-order valence-electron chi connectivity index (χ0n) is 10.5. The van der Waals surface area contributed by atoms with E-state index in [9.17, 15) is 0 Å².